The van der Waals surface area contributed by atoms with Gasteiger partial charge < -0.3 is 14.9 Å². The summed E-state index contributed by atoms with van der Waals surface area (Å²) in [5.41, 5.74) is 0. The number of hydrogen-bond acceptors (Lipinski definition) is 3. The van der Waals surface area contributed by atoms with E-state index in [1.165, 1.54) is 0 Å². The first-order chi connectivity index (χ1) is 9.00. The van der Waals surface area contributed by atoms with E-state index in [0.717, 1.165) is 38.8 Å². The topological polar surface area (TPSA) is 60.9 Å². The maximum absolute atomic E-state index is 12.5. The Bertz CT molecular complexity index is 357. The van der Waals surface area contributed by atoms with Crippen LogP contribution in [0.3, 0.4) is 0 Å². The van der Waals surface area contributed by atoms with Crippen LogP contribution >= 0.6 is 0 Å². The molecule has 1 saturated carbocycles. The molecule has 1 amide bonds. The minimum atomic E-state index is -0.808. The molecule has 2 fully saturated rings. The van der Waals surface area contributed by atoms with Crippen molar-refractivity contribution in [2.75, 3.05) is 27.2 Å². The van der Waals surface area contributed by atoms with Gasteiger partial charge in [-0.2, -0.15) is 0 Å². The number of piperidine rings is 1. The Morgan fingerprint density at radius 3 is 2.42 bits per heavy atom. The molecule has 0 aromatic heterocycles. The number of rotatable bonds is 3. The van der Waals surface area contributed by atoms with E-state index in [4.69, 9.17) is 0 Å². The monoisotopic (exact) mass is 268 g/mol. The van der Waals surface area contributed by atoms with Gasteiger partial charge in [-0.3, -0.25) is 9.59 Å². The van der Waals surface area contributed by atoms with E-state index >= 15 is 0 Å². The molecule has 19 heavy (non-hydrogen) atoms. The molecule has 2 aliphatic rings. The quantitative estimate of drug-likeness (QED) is 0.831. The molecule has 1 saturated heterocycles. The number of amides is 1. The smallest absolute Gasteiger partial charge is 0.307 e. The summed E-state index contributed by atoms with van der Waals surface area (Å²) in [4.78, 5) is 27.8. The summed E-state index contributed by atoms with van der Waals surface area (Å²) >= 11 is 0. The van der Waals surface area contributed by atoms with Crippen molar-refractivity contribution in [3.8, 4) is 0 Å². The van der Waals surface area contributed by atoms with Crippen molar-refractivity contribution in [2.45, 2.75) is 38.1 Å². The normalized spacial score (nSPS) is 31.7. The summed E-state index contributed by atoms with van der Waals surface area (Å²) in [7, 11) is 4.07. The fraction of sp³-hybridized carbons (Fsp3) is 0.857. The molecule has 108 valence electrons. The third-order valence-electron chi connectivity index (χ3n) is 4.59. The molecular formula is C14H24N2O3. The molecule has 0 radical (unpaired) electrons. The SMILES string of the molecule is CN(C)C1CCCN(C(=O)C2CCCC2C(=O)O)C1. The van der Waals surface area contributed by atoms with Gasteiger partial charge >= 0.3 is 5.97 Å². The summed E-state index contributed by atoms with van der Waals surface area (Å²) in [6.07, 6.45) is 4.37. The van der Waals surface area contributed by atoms with Gasteiger partial charge in [0.1, 0.15) is 0 Å². The number of nitrogens with zero attached hydrogens (tertiary/aromatic N) is 2. The first kappa shape index (κ1) is 14.3. The third-order valence-corrected chi connectivity index (χ3v) is 4.59. The molecule has 0 aromatic rings. The van der Waals surface area contributed by atoms with Crippen LogP contribution in [0, 0.1) is 11.8 Å². The Morgan fingerprint density at radius 2 is 1.79 bits per heavy atom. The van der Waals surface area contributed by atoms with E-state index in [2.05, 4.69) is 4.90 Å². The molecule has 0 spiro atoms. The molecule has 2 rings (SSSR count). The summed E-state index contributed by atoms with van der Waals surface area (Å²) < 4.78 is 0. The van der Waals surface area contributed by atoms with E-state index < -0.39 is 11.9 Å². The van der Waals surface area contributed by atoms with Crippen LogP contribution < -0.4 is 0 Å². The van der Waals surface area contributed by atoms with E-state index in [0.29, 0.717) is 12.5 Å². The fourth-order valence-corrected chi connectivity index (χ4v) is 3.36. The van der Waals surface area contributed by atoms with Crippen LogP contribution in [-0.4, -0.2) is 60.0 Å². The van der Waals surface area contributed by atoms with Crippen LogP contribution in [-0.2, 0) is 9.59 Å². The number of carbonyl (C=O) groups is 2. The van der Waals surface area contributed by atoms with Crippen molar-refractivity contribution in [2.24, 2.45) is 11.8 Å². The van der Waals surface area contributed by atoms with Gasteiger partial charge in [0.05, 0.1) is 11.8 Å². The van der Waals surface area contributed by atoms with Crippen LogP contribution in [0.2, 0.25) is 0 Å². The molecule has 1 heterocycles. The summed E-state index contributed by atoms with van der Waals surface area (Å²) in [6, 6.07) is 0.405. The number of carbonyl (C=O) groups excluding carboxylic acids is 1. The maximum atomic E-state index is 12.5. The molecule has 0 aromatic carbocycles. The van der Waals surface area contributed by atoms with E-state index in [1.54, 1.807) is 0 Å². The highest BCUT2D eigenvalue weighted by atomic mass is 16.4. The lowest BCUT2D eigenvalue weighted by molar-refractivity contribution is -0.149. The Labute approximate surface area is 114 Å². The lowest BCUT2D eigenvalue weighted by atomic mass is 9.93. The second-order valence-electron chi connectivity index (χ2n) is 6.03. The maximum Gasteiger partial charge on any atom is 0.307 e. The number of carboxylic acid groups (broad SMARTS) is 1. The van der Waals surface area contributed by atoms with Crippen molar-refractivity contribution < 1.29 is 14.7 Å². The molecule has 1 aliphatic carbocycles. The lowest BCUT2D eigenvalue weighted by Crippen LogP contribution is -2.50. The van der Waals surface area contributed by atoms with Crippen LogP contribution in [0.4, 0.5) is 0 Å². The Morgan fingerprint density at radius 1 is 1.11 bits per heavy atom. The van der Waals surface area contributed by atoms with Crippen molar-refractivity contribution in [3.05, 3.63) is 0 Å². The van der Waals surface area contributed by atoms with E-state index in [-0.39, 0.29) is 11.8 Å². The largest absolute Gasteiger partial charge is 0.481 e. The average Bonchev–Trinajstić information content (AvgIpc) is 2.87. The molecule has 5 nitrogen and oxygen atoms in total. The van der Waals surface area contributed by atoms with Gasteiger partial charge in [-0.05, 0) is 39.8 Å². The summed E-state index contributed by atoms with van der Waals surface area (Å²) in [5.74, 6) is -1.50. The Balaban J connectivity index is 2.00. The zero-order chi connectivity index (χ0) is 14.0. The second-order valence-corrected chi connectivity index (χ2v) is 6.03. The lowest BCUT2D eigenvalue weighted by Gasteiger charge is -2.37. The van der Waals surface area contributed by atoms with Crippen LogP contribution in [0.5, 0.6) is 0 Å². The van der Waals surface area contributed by atoms with Gasteiger partial charge in [0, 0.05) is 19.1 Å². The highest BCUT2D eigenvalue weighted by molar-refractivity contribution is 5.85. The predicted molar refractivity (Wildman–Crippen MR) is 71.8 cm³/mol. The highest BCUT2D eigenvalue weighted by Crippen LogP contribution is 2.34. The minimum Gasteiger partial charge on any atom is -0.481 e. The van der Waals surface area contributed by atoms with Crippen molar-refractivity contribution in [3.63, 3.8) is 0 Å². The number of likely N-dealkylation sites (tertiary alicyclic amines) is 1. The molecule has 0 bridgehead atoms. The number of hydrogen-bond donors (Lipinski definition) is 1. The fourth-order valence-electron chi connectivity index (χ4n) is 3.36. The van der Waals surface area contributed by atoms with Crippen LogP contribution in [0.25, 0.3) is 0 Å². The summed E-state index contributed by atoms with van der Waals surface area (Å²) in [5, 5.41) is 9.19. The summed E-state index contributed by atoms with van der Waals surface area (Å²) in [6.45, 7) is 1.53. The van der Waals surface area contributed by atoms with Gasteiger partial charge in [-0.1, -0.05) is 6.42 Å². The van der Waals surface area contributed by atoms with E-state index in [1.807, 2.05) is 19.0 Å². The average molecular weight is 268 g/mol. The number of aliphatic carboxylic acids is 1. The zero-order valence-electron chi connectivity index (χ0n) is 11.8. The Kier molecular flexibility index (Phi) is 4.45. The number of likely N-dealkylation sites (N-methyl/N-ethyl adjacent to an activating group) is 1. The molecule has 3 atom stereocenters. The zero-order valence-corrected chi connectivity index (χ0v) is 11.8. The first-order valence-corrected chi connectivity index (χ1v) is 7.18. The number of carboxylic acids is 1. The predicted octanol–water partition coefficient (Wildman–Crippen LogP) is 1.04. The van der Waals surface area contributed by atoms with Gasteiger partial charge in [0.25, 0.3) is 0 Å². The molecule has 1 aliphatic heterocycles. The standard InChI is InChI=1S/C14H24N2O3/c1-15(2)10-5-4-8-16(9-10)13(17)11-6-3-7-12(11)14(18)19/h10-12H,3-9H2,1-2H3,(H,18,19). The highest BCUT2D eigenvalue weighted by Gasteiger charge is 2.40. The van der Waals surface area contributed by atoms with Crippen molar-refractivity contribution in [1.29, 1.82) is 0 Å². The van der Waals surface area contributed by atoms with Crippen LogP contribution in [0.1, 0.15) is 32.1 Å². The molecule has 3 unspecified atom stereocenters. The van der Waals surface area contributed by atoms with Crippen molar-refractivity contribution >= 4 is 11.9 Å². The Hall–Kier alpha value is -1.10. The van der Waals surface area contributed by atoms with E-state index in [9.17, 15) is 14.7 Å². The second kappa shape index (κ2) is 5.90. The third kappa shape index (κ3) is 3.08. The first-order valence-electron chi connectivity index (χ1n) is 7.18. The van der Waals surface area contributed by atoms with Gasteiger partial charge in [-0.25, -0.2) is 0 Å². The van der Waals surface area contributed by atoms with Gasteiger partial charge in [0.2, 0.25) is 5.91 Å². The van der Waals surface area contributed by atoms with Gasteiger partial charge in [-0.15, -0.1) is 0 Å². The van der Waals surface area contributed by atoms with Crippen LogP contribution in [0.15, 0.2) is 0 Å². The molecular weight excluding hydrogens is 244 g/mol. The van der Waals surface area contributed by atoms with Crippen molar-refractivity contribution in [1.82, 2.24) is 9.80 Å². The molecule has 5 heteroatoms. The molecule has 1 N–H and O–H groups in total. The minimum absolute atomic E-state index is 0.0662. The van der Waals surface area contributed by atoms with Gasteiger partial charge in [0.15, 0.2) is 0 Å².